The van der Waals surface area contributed by atoms with Gasteiger partial charge >= 0.3 is 5.97 Å². The number of carboxylic acids is 1. The van der Waals surface area contributed by atoms with E-state index >= 15 is 0 Å². The lowest BCUT2D eigenvalue weighted by Gasteiger charge is -2.10. The van der Waals surface area contributed by atoms with Crippen LogP contribution in [0, 0.1) is 6.92 Å². The summed E-state index contributed by atoms with van der Waals surface area (Å²) in [6, 6.07) is 0.960. The highest BCUT2D eigenvalue weighted by Gasteiger charge is 2.15. The molecule has 0 saturated carbocycles. The zero-order chi connectivity index (χ0) is 12.3. The van der Waals surface area contributed by atoms with Gasteiger partial charge in [-0.2, -0.15) is 0 Å². The first-order chi connectivity index (χ1) is 7.40. The first kappa shape index (κ1) is 12.6. The molecule has 3 N–H and O–H groups in total. The largest absolute Gasteiger partial charge is 0.480 e. The quantitative estimate of drug-likeness (QED) is 0.790. The van der Waals surface area contributed by atoms with Crippen molar-refractivity contribution in [2.24, 2.45) is 5.73 Å². The van der Waals surface area contributed by atoms with Crippen molar-refractivity contribution < 1.29 is 9.90 Å². The van der Waals surface area contributed by atoms with Gasteiger partial charge in [0.15, 0.2) is 0 Å². The number of aromatic nitrogens is 2. The summed E-state index contributed by atoms with van der Waals surface area (Å²) in [7, 11) is 0. The average molecular weight is 223 g/mol. The van der Waals surface area contributed by atoms with Gasteiger partial charge in [0.05, 0.1) is 0 Å². The Morgan fingerprint density at radius 3 is 2.62 bits per heavy atom. The fourth-order valence-electron chi connectivity index (χ4n) is 1.33. The maximum atomic E-state index is 10.6. The lowest BCUT2D eigenvalue weighted by atomic mass is 10.1. The zero-order valence-corrected chi connectivity index (χ0v) is 9.77. The van der Waals surface area contributed by atoms with E-state index in [9.17, 15) is 4.79 Å². The molecule has 1 aromatic rings. The molecule has 0 radical (unpaired) electrons. The van der Waals surface area contributed by atoms with E-state index in [0.717, 1.165) is 11.4 Å². The molecule has 0 saturated heterocycles. The maximum absolute atomic E-state index is 10.6. The second kappa shape index (κ2) is 5.03. The Bertz CT molecular complexity index is 391. The average Bonchev–Trinajstić information content (AvgIpc) is 2.16. The van der Waals surface area contributed by atoms with E-state index in [1.807, 2.05) is 26.8 Å². The van der Waals surface area contributed by atoms with Crippen molar-refractivity contribution in [1.82, 2.24) is 9.97 Å². The predicted octanol–water partition coefficient (Wildman–Crippen LogP) is 0.863. The highest BCUT2D eigenvalue weighted by molar-refractivity contribution is 5.73. The minimum atomic E-state index is -1.03. The van der Waals surface area contributed by atoms with Crippen molar-refractivity contribution in [2.45, 2.75) is 39.2 Å². The van der Waals surface area contributed by atoms with Crippen LogP contribution in [-0.2, 0) is 11.2 Å². The van der Waals surface area contributed by atoms with E-state index in [1.54, 1.807) is 0 Å². The zero-order valence-electron chi connectivity index (χ0n) is 9.77. The minimum absolute atomic E-state index is 0.163. The van der Waals surface area contributed by atoms with Crippen molar-refractivity contribution in [3.05, 3.63) is 23.3 Å². The van der Waals surface area contributed by atoms with E-state index in [-0.39, 0.29) is 6.42 Å². The molecule has 5 heteroatoms. The Hall–Kier alpha value is -1.49. The molecule has 5 nitrogen and oxygen atoms in total. The van der Waals surface area contributed by atoms with Gasteiger partial charge < -0.3 is 10.8 Å². The molecule has 1 aromatic heterocycles. The number of rotatable bonds is 4. The lowest BCUT2D eigenvalue weighted by molar-refractivity contribution is -0.138. The topological polar surface area (TPSA) is 89.1 Å². The fraction of sp³-hybridized carbons (Fsp3) is 0.545. The standard InChI is InChI=1S/C11H17N3O2/c1-6(2)9-4-7(3)13-10(14-9)5-8(12)11(15)16/h4,6,8H,5,12H2,1-3H3,(H,15,16). The third kappa shape index (κ3) is 3.27. The summed E-state index contributed by atoms with van der Waals surface area (Å²) in [6.07, 6.45) is 0.163. The number of nitrogens with zero attached hydrogens (tertiary/aromatic N) is 2. The normalized spacial score (nSPS) is 12.8. The van der Waals surface area contributed by atoms with Crippen LogP contribution in [0.3, 0.4) is 0 Å². The summed E-state index contributed by atoms with van der Waals surface area (Å²) < 4.78 is 0. The SMILES string of the molecule is Cc1cc(C(C)C)nc(CC(N)C(=O)O)n1. The maximum Gasteiger partial charge on any atom is 0.320 e. The van der Waals surface area contributed by atoms with Gasteiger partial charge in [-0.25, -0.2) is 9.97 Å². The second-order valence-electron chi connectivity index (χ2n) is 4.15. The number of carboxylic acid groups (broad SMARTS) is 1. The first-order valence-corrected chi connectivity index (χ1v) is 5.23. The van der Waals surface area contributed by atoms with Crippen LogP contribution in [-0.4, -0.2) is 27.1 Å². The Morgan fingerprint density at radius 1 is 1.50 bits per heavy atom. The van der Waals surface area contributed by atoms with Gasteiger partial charge in [-0.1, -0.05) is 13.8 Å². The molecule has 0 aliphatic heterocycles. The molecule has 0 aromatic carbocycles. The smallest absolute Gasteiger partial charge is 0.320 e. The molecule has 1 atom stereocenters. The molecule has 0 amide bonds. The third-order valence-corrected chi connectivity index (χ3v) is 2.23. The lowest BCUT2D eigenvalue weighted by Crippen LogP contribution is -2.33. The third-order valence-electron chi connectivity index (χ3n) is 2.23. The number of aliphatic carboxylic acids is 1. The van der Waals surface area contributed by atoms with Gasteiger partial charge in [0.25, 0.3) is 0 Å². The number of hydrogen-bond acceptors (Lipinski definition) is 4. The van der Waals surface area contributed by atoms with Crippen molar-refractivity contribution in [3.8, 4) is 0 Å². The minimum Gasteiger partial charge on any atom is -0.480 e. The van der Waals surface area contributed by atoms with Crippen LogP contribution in [0.1, 0.15) is 37.0 Å². The van der Waals surface area contributed by atoms with Gasteiger partial charge in [-0.05, 0) is 18.9 Å². The molecule has 1 unspecified atom stereocenters. The molecule has 0 spiro atoms. The summed E-state index contributed by atoms with van der Waals surface area (Å²) in [6.45, 7) is 5.93. The van der Waals surface area contributed by atoms with E-state index in [4.69, 9.17) is 10.8 Å². The summed E-state index contributed by atoms with van der Waals surface area (Å²) >= 11 is 0. The molecule has 0 fully saturated rings. The van der Waals surface area contributed by atoms with Crippen molar-refractivity contribution in [2.75, 3.05) is 0 Å². The highest BCUT2D eigenvalue weighted by atomic mass is 16.4. The van der Waals surface area contributed by atoms with Crippen molar-refractivity contribution in [3.63, 3.8) is 0 Å². The Labute approximate surface area is 94.7 Å². The van der Waals surface area contributed by atoms with Gasteiger partial charge in [0, 0.05) is 17.8 Å². The Balaban J connectivity index is 2.92. The van der Waals surface area contributed by atoms with Crippen molar-refractivity contribution >= 4 is 5.97 Å². The monoisotopic (exact) mass is 223 g/mol. The predicted molar refractivity (Wildman–Crippen MR) is 60.2 cm³/mol. The summed E-state index contributed by atoms with van der Waals surface area (Å²) in [5, 5.41) is 8.71. The molecule has 0 aliphatic rings. The summed E-state index contributed by atoms with van der Waals surface area (Å²) in [4.78, 5) is 19.1. The summed E-state index contributed by atoms with van der Waals surface area (Å²) in [5.74, 6) is -0.240. The van der Waals surface area contributed by atoms with E-state index in [1.165, 1.54) is 0 Å². The van der Waals surface area contributed by atoms with Gasteiger partial charge in [-0.3, -0.25) is 4.79 Å². The first-order valence-electron chi connectivity index (χ1n) is 5.23. The molecule has 16 heavy (non-hydrogen) atoms. The van der Waals surface area contributed by atoms with Gasteiger partial charge in [0.2, 0.25) is 0 Å². The van der Waals surface area contributed by atoms with Crippen LogP contribution in [0.5, 0.6) is 0 Å². The summed E-state index contributed by atoms with van der Waals surface area (Å²) in [5.41, 5.74) is 7.20. The van der Waals surface area contributed by atoms with Gasteiger partial charge in [0.1, 0.15) is 11.9 Å². The molecule has 0 bridgehead atoms. The van der Waals surface area contributed by atoms with Crippen LogP contribution >= 0.6 is 0 Å². The van der Waals surface area contributed by atoms with Crippen LogP contribution in [0.25, 0.3) is 0 Å². The molecular formula is C11H17N3O2. The van der Waals surface area contributed by atoms with Crippen LogP contribution < -0.4 is 5.73 Å². The van der Waals surface area contributed by atoms with Crippen LogP contribution in [0.4, 0.5) is 0 Å². The Kier molecular flexibility index (Phi) is 3.95. The molecule has 1 heterocycles. The molecular weight excluding hydrogens is 206 g/mol. The number of hydrogen-bond donors (Lipinski definition) is 2. The molecule has 0 aliphatic carbocycles. The molecule has 1 rings (SSSR count). The fourth-order valence-corrected chi connectivity index (χ4v) is 1.33. The van der Waals surface area contributed by atoms with E-state index < -0.39 is 12.0 Å². The van der Waals surface area contributed by atoms with Crippen LogP contribution in [0.15, 0.2) is 6.07 Å². The van der Waals surface area contributed by atoms with Crippen LogP contribution in [0.2, 0.25) is 0 Å². The van der Waals surface area contributed by atoms with Crippen molar-refractivity contribution in [1.29, 1.82) is 0 Å². The number of aryl methyl sites for hydroxylation is 1. The number of carbonyl (C=O) groups is 1. The second-order valence-corrected chi connectivity index (χ2v) is 4.15. The highest BCUT2D eigenvalue weighted by Crippen LogP contribution is 2.12. The number of nitrogens with two attached hydrogens (primary N) is 1. The van der Waals surface area contributed by atoms with E-state index in [0.29, 0.717) is 11.7 Å². The Morgan fingerprint density at radius 2 is 2.12 bits per heavy atom. The van der Waals surface area contributed by atoms with E-state index in [2.05, 4.69) is 9.97 Å². The van der Waals surface area contributed by atoms with Gasteiger partial charge in [-0.15, -0.1) is 0 Å². The molecule has 88 valence electrons.